The minimum absolute atomic E-state index is 0.0507. The Bertz CT molecular complexity index is 4920. The highest BCUT2D eigenvalue weighted by Gasteiger charge is 2.26. The van der Waals surface area contributed by atoms with Crippen LogP contribution < -0.4 is 21.7 Å². The van der Waals surface area contributed by atoms with E-state index in [-0.39, 0.29) is 21.7 Å². The standard InChI is InChI=1S/C60H28O4/c61-57-40-18-8-7-17-38(40)51-53(57)37-16-6-5-15-36(37)49-45-28-41-33(27-48(45)60(64)55(49)51)14-9-19-35(41)34-20-21-39-42(26-34)54-52(44-23-30-11-2-4-13-32(30)25-47(44)58(54)62)56-50(39)43-22-29-10-1-3-12-31(29)24-46(43)59(56)63/h1-28H. The van der Waals surface area contributed by atoms with Gasteiger partial charge in [0, 0.05) is 64.6 Å². The van der Waals surface area contributed by atoms with Gasteiger partial charge in [0.2, 0.25) is 0 Å². The van der Waals surface area contributed by atoms with Crippen molar-refractivity contribution in [2.75, 3.05) is 0 Å². The molecule has 0 amide bonds. The molecule has 4 nitrogen and oxygen atoms in total. The van der Waals surface area contributed by atoms with E-state index < -0.39 is 0 Å². The van der Waals surface area contributed by atoms with E-state index in [1.807, 2.05) is 115 Å². The third-order valence-electron chi connectivity index (χ3n) is 14.5. The first-order valence-corrected chi connectivity index (χ1v) is 21.6. The Hall–Kier alpha value is -8.60. The molecular weight excluding hydrogens is 785 g/mol. The maximum atomic E-state index is 15.0. The van der Waals surface area contributed by atoms with Crippen LogP contribution in [0.5, 0.6) is 0 Å². The van der Waals surface area contributed by atoms with E-state index in [1.165, 1.54) is 0 Å². The molecule has 0 bridgehead atoms. The fourth-order valence-corrected chi connectivity index (χ4v) is 11.8. The summed E-state index contributed by atoms with van der Waals surface area (Å²) in [6, 6.07) is 56.6. The Labute approximate surface area is 360 Å². The molecule has 0 saturated carbocycles. The van der Waals surface area contributed by atoms with Gasteiger partial charge >= 0.3 is 0 Å². The van der Waals surface area contributed by atoms with Gasteiger partial charge in [-0.05, 0) is 129 Å². The van der Waals surface area contributed by atoms with Crippen LogP contribution in [0.4, 0.5) is 0 Å². The summed E-state index contributed by atoms with van der Waals surface area (Å²) < 4.78 is 0. The normalized spacial score (nSPS) is 12.6. The van der Waals surface area contributed by atoms with Gasteiger partial charge in [-0.25, -0.2) is 0 Å². The van der Waals surface area contributed by atoms with Crippen LogP contribution in [-0.2, 0) is 0 Å². The van der Waals surface area contributed by atoms with Crippen molar-refractivity contribution in [3.05, 3.63) is 211 Å². The van der Waals surface area contributed by atoms with Crippen LogP contribution in [0.3, 0.4) is 0 Å². The lowest BCUT2D eigenvalue weighted by atomic mass is 9.91. The zero-order chi connectivity index (χ0) is 42.3. The van der Waals surface area contributed by atoms with Crippen molar-refractivity contribution in [3.63, 3.8) is 0 Å². The van der Waals surface area contributed by atoms with Crippen molar-refractivity contribution in [3.8, 4) is 11.1 Å². The average molecular weight is 813 g/mol. The summed E-state index contributed by atoms with van der Waals surface area (Å²) in [6.07, 6.45) is 0. The van der Waals surface area contributed by atoms with Crippen LogP contribution in [0.1, 0.15) is 0 Å². The lowest BCUT2D eigenvalue weighted by molar-refractivity contribution is 1.71. The summed E-state index contributed by atoms with van der Waals surface area (Å²) >= 11 is 0. The molecule has 15 rings (SSSR count). The van der Waals surface area contributed by atoms with Crippen LogP contribution >= 0.6 is 0 Å². The van der Waals surface area contributed by atoms with Gasteiger partial charge in [-0.3, -0.25) is 19.2 Å². The summed E-state index contributed by atoms with van der Waals surface area (Å²) in [5.74, 6) is 0. The predicted molar refractivity (Wildman–Crippen MR) is 269 cm³/mol. The highest BCUT2D eigenvalue weighted by Crippen LogP contribution is 2.46. The van der Waals surface area contributed by atoms with Crippen molar-refractivity contribution in [2.45, 2.75) is 0 Å². The van der Waals surface area contributed by atoms with Crippen LogP contribution in [0, 0.1) is 0 Å². The molecule has 0 aliphatic heterocycles. The number of hydrogen-bond acceptors (Lipinski definition) is 4. The van der Waals surface area contributed by atoms with Crippen molar-refractivity contribution >= 4 is 140 Å². The Morgan fingerprint density at radius 1 is 0.203 bits per heavy atom. The lowest BCUT2D eigenvalue weighted by Crippen LogP contribution is -1.98. The van der Waals surface area contributed by atoms with Crippen LogP contribution in [0.2, 0.25) is 0 Å². The van der Waals surface area contributed by atoms with Gasteiger partial charge < -0.3 is 0 Å². The molecule has 64 heavy (non-hydrogen) atoms. The van der Waals surface area contributed by atoms with Crippen LogP contribution in [0.15, 0.2) is 189 Å². The number of benzene rings is 11. The zero-order valence-corrected chi connectivity index (χ0v) is 33.8. The summed E-state index contributed by atoms with van der Waals surface area (Å²) in [5, 5.41) is 20.6. The first-order valence-electron chi connectivity index (χ1n) is 21.6. The predicted octanol–water partition coefficient (Wildman–Crippen LogP) is 13.5. The molecule has 0 N–H and O–H groups in total. The maximum Gasteiger partial charge on any atom is 0.194 e. The SMILES string of the molecule is O=c1c2ccccc2c2c1c1ccccc1c1c3cc4c(-c5ccc6c(c5)c5c(=O)c7cc8ccccc8cc7c5c5c(=O)c7cc8ccccc8cc7c65)cccc4cc3c(=O)c12. The van der Waals surface area contributed by atoms with E-state index in [0.717, 1.165) is 103 Å². The number of hydrogen-bond donors (Lipinski definition) is 0. The number of fused-ring (bicyclic) bond motifs is 23. The van der Waals surface area contributed by atoms with Crippen molar-refractivity contribution in [1.29, 1.82) is 0 Å². The summed E-state index contributed by atoms with van der Waals surface area (Å²) in [4.78, 5) is 58.6. The summed E-state index contributed by atoms with van der Waals surface area (Å²) in [6.45, 7) is 0. The van der Waals surface area contributed by atoms with Crippen LogP contribution in [0.25, 0.3) is 151 Å². The molecule has 15 aromatic carbocycles. The summed E-state index contributed by atoms with van der Waals surface area (Å²) in [7, 11) is 0. The van der Waals surface area contributed by atoms with E-state index in [4.69, 9.17) is 0 Å². The Kier molecular flexibility index (Phi) is 6.20. The van der Waals surface area contributed by atoms with E-state index >= 15 is 0 Å². The second-order valence-corrected chi connectivity index (χ2v) is 17.6. The second kappa shape index (κ2) is 11.6. The monoisotopic (exact) mass is 812 g/mol. The molecule has 0 spiro atoms. The van der Waals surface area contributed by atoms with Crippen molar-refractivity contribution in [2.24, 2.45) is 0 Å². The van der Waals surface area contributed by atoms with Gasteiger partial charge in [-0.15, -0.1) is 0 Å². The molecule has 292 valence electrons. The topological polar surface area (TPSA) is 68.3 Å². The van der Waals surface area contributed by atoms with Crippen LogP contribution in [-0.4, -0.2) is 0 Å². The fourth-order valence-electron chi connectivity index (χ4n) is 11.8. The van der Waals surface area contributed by atoms with E-state index in [0.29, 0.717) is 48.5 Å². The van der Waals surface area contributed by atoms with E-state index in [2.05, 4.69) is 54.6 Å². The molecule has 0 atom stereocenters. The molecule has 0 aliphatic carbocycles. The zero-order valence-electron chi connectivity index (χ0n) is 33.8. The van der Waals surface area contributed by atoms with E-state index in [1.54, 1.807) is 0 Å². The molecule has 0 saturated heterocycles. The van der Waals surface area contributed by atoms with Gasteiger partial charge in [0.1, 0.15) is 0 Å². The molecule has 0 aliphatic rings. The average Bonchev–Trinajstić information content (AvgIpc) is 4.00. The molecule has 0 unspecified atom stereocenters. The lowest BCUT2D eigenvalue weighted by Gasteiger charge is -2.11. The number of rotatable bonds is 1. The third-order valence-corrected chi connectivity index (χ3v) is 14.5. The van der Waals surface area contributed by atoms with Gasteiger partial charge in [-0.2, -0.15) is 0 Å². The Morgan fingerprint density at radius 2 is 0.578 bits per heavy atom. The molecule has 0 aromatic heterocycles. The molecule has 15 aromatic rings. The first-order chi connectivity index (χ1) is 31.4. The third kappa shape index (κ3) is 4.04. The molecule has 4 heteroatoms. The quantitative estimate of drug-likeness (QED) is 0.166. The summed E-state index contributed by atoms with van der Waals surface area (Å²) in [5.41, 5.74) is 1.60. The van der Waals surface area contributed by atoms with Crippen molar-refractivity contribution < 1.29 is 0 Å². The highest BCUT2D eigenvalue weighted by molar-refractivity contribution is 6.41. The highest BCUT2D eigenvalue weighted by atomic mass is 16.1. The van der Waals surface area contributed by atoms with Gasteiger partial charge in [-0.1, -0.05) is 127 Å². The fraction of sp³-hybridized carbons (Fsp3) is 0. The second-order valence-electron chi connectivity index (χ2n) is 17.6. The van der Waals surface area contributed by atoms with Crippen molar-refractivity contribution in [1.82, 2.24) is 0 Å². The Balaban J connectivity index is 1.09. The van der Waals surface area contributed by atoms with E-state index in [9.17, 15) is 19.2 Å². The molecular formula is C60H28O4. The maximum absolute atomic E-state index is 15.0. The Morgan fingerprint density at radius 3 is 1.19 bits per heavy atom. The first kappa shape index (κ1) is 34.0. The van der Waals surface area contributed by atoms with Gasteiger partial charge in [0.15, 0.2) is 21.7 Å². The largest absolute Gasteiger partial charge is 0.289 e. The molecule has 0 fully saturated rings. The molecule has 0 heterocycles. The smallest absolute Gasteiger partial charge is 0.194 e. The minimum atomic E-state index is -0.0834. The van der Waals surface area contributed by atoms with Gasteiger partial charge in [0.25, 0.3) is 0 Å². The molecule has 0 radical (unpaired) electrons. The minimum Gasteiger partial charge on any atom is -0.289 e. The van der Waals surface area contributed by atoms with Gasteiger partial charge in [0.05, 0.1) is 0 Å².